The van der Waals surface area contributed by atoms with Gasteiger partial charge >= 0.3 is 6.18 Å². The van der Waals surface area contributed by atoms with Crippen molar-refractivity contribution in [3.63, 3.8) is 0 Å². The smallest absolute Gasteiger partial charge is 0.364 e. The number of halogens is 3. The first-order valence-electron chi connectivity index (χ1n) is 8.88. The van der Waals surface area contributed by atoms with Crippen LogP contribution in [0.25, 0.3) is 0 Å². The Labute approximate surface area is 176 Å². The molecule has 9 nitrogen and oxygen atoms in total. The van der Waals surface area contributed by atoms with Crippen LogP contribution in [0.2, 0.25) is 0 Å². The number of piperazine rings is 1. The Morgan fingerprint density at radius 2 is 1.35 bits per heavy atom. The van der Waals surface area contributed by atoms with E-state index in [0.717, 1.165) is 26.8 Å². The number of amides is 1. The van der Waals surface area contributed by atoms with Gasteiger partial charge in [-0.05, 0) is 30.3 Å². The summed E-state index contributed by atoms with van der Waals surface area (Å²) in [6, 6.07) is 4.24. The Hall–Kier alpha value is -2.42. The molecule has 1 saturated heterocycles. The minimum atomic E-state index is -4.59. The van der Waals surface area contributed by atoms with Crippen LogP contribution >= 0.6 is 0 Å². The molecular weight excluding hydrogens is 461 g/mol. The fourth-order valence-corrected chi connectivity index (χ4v) is 6.10. The number of alkyl halides is 3. The minimum absolute atomic E-state index is 0.00194. The van der Waals surface area contributed by atoms with E-state index in [4.69, 9.17) is 5.73 Å². The fourth-order valence-electron chi connectivity index (χ4n) is 3.18. The molecule has 170 valence electrons. The van der Waals surface area contributed by atoms with Crippen LogP contribution in [0.4, 0.5) is 13.2 Å². The third kappa shape index (κ3) is 4.46. The maximum Gasteiger partial charge on any atom is 0.416 e. The van der Waals surface area contributed by atoms with Gasteiger partial charge in [-0.1, -0.05) is 0 Å². The normalized spacial score (nSPS) is 17.0. The summed E-state index contributed by atoms with van der Waals surface area (Å²) in [6.07, 6.45) is -3.35. The molecule has 2 aromatic rings. The zero-order chi connectivity index (χ0) is 23.2. The molecule has 0 spiro atoms. The number of carbonyl (C=O) groups is 1. The van der Waals surface area contributed by atoms with Crippen LogP contribution in [-0.4, -0.2) is 62.1 Å². The van der Waals surface area contributed by atoms with E-state index in [1.807, 2.05) is 0 Å². The first-order chi connectivity index (χ1) is 14.2. The molecule has 1 aliphatic rings. The number of nitrogens with zero attached hydrogens (tertiary/aromatic N) is 3. The maximum absolute atomic E-state index is 12.8. The van der Waals surface area contributed by atoms with Crippen molar-refractivity contribution in [3.05, 3.63) is 47.8 Å². The minimum Gasteiger partial charge on any atom is -0.364 e. The number of aryl methyl sites for hydroxylation is 1. The van der Waals surface area contributed by atoms with E-state index in [0.29, 0.717) is 12.1 Å². The molecule has 0 unspecified atom stereocenters. The van der Waals surface area contributed by atoms with E-state index in [2.05, 4.69) is 0 Å². The average Bonchev–Trinajstić information content (AvgIpc) is 3.10. The highest BCUT2D eigenvalue weighted by Gasteiger charge is 2.35. The van der Waals surface area contributed by atoms with Crippen LogP contribution in [0.15, 0.2) is 46.3 Å². The zero-order valence-electron chi connectivity index (χ0n) is 16.2. The highest BCUT2D eigenvalue weighted by molar-refractivity contribution is 7.89. The van der Waals surface area contributed by atoms with Crippen molar-refractivity contribution >= 4 is 26.0 Å². The monoisotopic (exact) mass is 480 g/mol. The van der Waals surface area contributed by atoms with E-state index in [-0.39, 0.29) is 41.7 Å². The van der Waals surface area contributed by atoms with Gasteiger partial charge in [0.2, 0.25) is 20.0 Å². The first kappa shape index (κ1) is 23.2. The molecule has 14 heteroatoms. The first-order valence-corrected chi connectivity index (χ1v) is 11.8. The summed E-state index contributed by atoms with van der Waals surface area (Å²) in [5.74, 6) is -0.795. The van der Waals surface area contributed by atoms with Crippen molar-refractivity contribution in [2.45, 2.75) is 16.0 Å². The standard InChI is InChI=1S/C17H19F3N4O5S2/c1-22-11-14(10-15(22)16(21)25)31(28,29)24-8-6-23(7-9-24)30(26,27)13-4-2-12(3-5-13)17(18,19)20/h2-5,10-11H,6-9H2,1H3,(H2,21,25). The summed E-state index contributed by atoms with van der Waals surface area (Å²) < 4.78 is 92.5. The van der Waals surface area contributed by atoms with Crippen molar-refractivity contribution in [2.75, 3.05) is 26.2 Å². The number of rotatable bonds is 5. The molecule has 1 aliphatic heterocycles. The lowest BCUT2D eigenvalue weighted by Gasteiger charge is -2.33. The van der Waals surface area contributed by atoms with Crippen molar-refractivity contribution in [1.82, 2.24) is 13.2 Å². The molecular formula is C17H19F3N4O5S2. The highest BCUT2D eigenvalue weighted by Crippen LogP contribution is 2.30. The molecule has 0 radical (unpaired) electrons. The molecule has 1 fully saturated rings. The second-order valence-electron chi connectivity index (χ2n) is 6.87. The average molecular weight is 480 g/mol. The van der Waals surface area contributed by atoms with Crippen LogP contribution in [0, 0.1) is 0 Å². The third-order valence-electron chi connectivity index (χ3n) is 4.89. The number of sulfonamides is 2. The quantitative estimate of drug-likeness (QED) is 0.680. The van der Waals surface area contributed by atoms with E-state index in [1.165, 1.54) is 17.8 Å². The van der Waals surface area contributed by atoms with E-state index in [1.54, 1.807) is 0 Å². The van der Waals surface area contributed by atoms with E-state index >= 15 is 0 Å². The summed E-state index contributed by atoms with van der Waals surface area (Å²) in [5.41, 5.74) is 4.23. The van der Waals surface area contributed by atoms with Gasteiger partial charge in [0.25, 0.3) is 5.91 Å². The van der Waals surface area contributed by atoms with Gasteiger partial charge in [0.1, 0.15) is 10.6 Å². The molecule has 1 aromatic carbocycles. The summed E-state index contributed by atoms with van der Waals surface area (Å²) >= 11 is 0. The fraction of sp³-hybridized carbons (Fsp3) is 0.353. The Bertz CT molecular complexity index is 1200. The predicted octanol–water partition coefficient (Wildman–Crippen LogP) is 0.838. The molecule has 1 aromatic heterocycles. The molecule has 3 rings (SSSR count). The van der Waals surface area contributed by atoms with Gasteiger partial charge in [0.15, 0.2) is 0 Å². The van der Waals surface area contributed by atoms with Crippen LogP contribution in [0.1, 0.15) is 16.1 Å². The van der Waals surface area contributed by atoms with Gasteiger partial charge in [0, 0.05) is 39.4 Å². The Morgan fingerprint density at radius 3 is 1.74 bits per heavy atom. The number of benzene rings is 1. The van der Waals surface area contributed by atoms with Gasteiger partial charge in [-0.3, -0.25) is 4.79 Å². The van der Waals surface area contributed by atoms with Crippen molar-refractivity contribution in [1.29, 1.82) is 0 Å². The van der Waals surface area contributed by atoms with Gasteiger partial charge in [-0.25, -0.2) is 16.8 Å². The lowest BCUT2D eigenvalue weighted by molar-refractivity contribution is -0.137. The lowest BCUT2D eigenvalue weighted by atomic mass is 10.2. The Balaban J connectivity index is 1.75. The van der Waals surface area contributed by atoms with Crippen LogP contribution in [0.5, 0.6) is 0 Å². The number of hydrogen-bond acceptors (Lipinski definition) is 5. The molecule has 2 N–H and O–H groups in total. The van der Waals surface area contributed by atoms with Crippen LogP contribution in [-0.2, 0) is 33.3 Å². The van der Waals surface area contributed by atoms with Crippen molar-refractivity contribution in [2.24, 2.45) is 12.8 Å². The van der Waals surface area contributed by atoms with E-state index < -0.39 is 37.7 Å². The summed E-state index contributed by atoms with van der Waals surface area (Å²) in [4.78, 5) is 10.9. The van der Waals surface area contributed by atoms with Crippen LogP contribution in [0.3, 0.4) is 0 Å². The predicted molar refractivity (Wildman–Crippen MR) is 103 cm³/mol. The number of aromatic nitrogens is 1. The molecule has 0 bridgehead atoms. The van der Waals surface area contributed by atoms with E-state index in [9.17, 15) is 34.8 Å². The number of primary amides is 1. The number of carbonyl (C=O) groups excluding carboxylic acids is 1. The summed E-state index contributed by atoms with van der Waals surface area (Å²) in [7, 11) is -6.62. The topological polar surface area (TPSA) is 123 Å². The third-order valence-corrected chi connectivity index (χ3v) is 8.66. The van der Waals surface area contributed by atoms with Gasteiger partial charge in [-0.2, -0.15) is 21.8 Å². The van der Waals surface area contributed by atoms with Crippen LogP contribution < -0.4 is 5.73 Å². The number of hydrogen-bond donors (Lipinski definition) is 1. The maximum atomic E-state index is 12.8. The summed E-state index contributed by atoms with van der Waals surface area (Å²) in [6.45, 7) is -0.692. The molecule has 0 saturated carbocycles. The SMILES string of the molecule is Cn1cc(S(=O)(=O)N2CCN(S(=O)(=O)c3ccc(C(F)(F)F)cc3)CC2)cc1C(N)=O. The summed E-state index contributed by atoms with van der Waals surface area (Å²) in [5, 5.41) is 0. The number of nitrogens with two attached hydrogens (primary N) is 1. The van der Waals surface area contributed by atoms with Crippen molar-refractivity contribution < 1.29 is 34.8 Å². The second-order valence-corrected chi connectivity index (χ2v) is 10.7. The van der Waals surface area contributed by atoms with Crippen molar-refractivity contribution in [3.8, 4) is 0 Å². The zero-order valence-corrected chi connectivity index (χ0v) is 17.8. The largest absolute Gasteiger partial charge is 0.416 e. The highest BCUT2D eigenvalue weighted by atomic mass is 32.2. The molecule has 0 atom stereocenters. The Morgan fingerprint density at radius 1 is 0.903 bits per heavy atom. The lowest BCUT2D eigenvalue weighted by Crippen LogP contribution is -2.50. The van der Waals surface area contributed by atoms with Gasteiger partial charge in [0.05, 0.1) is 10.5 Å². The molecule has 0 aliphatic carbocycles. The second kappa shape index (κ2) is 7.93. The molecule has 31 heavy (non-hydrogen) atoms. The van der Waals surface area contributed by atoms with Gasteiger partial charge < -0.3 is 10.3 Å². The Kier molecular flexibility index (Phi) is 5.94. The van der Waals surface area contributed by atoms with Gasteiger partial charge in [-0.15, -0.1) is 0 Å². The molecule has 2 heterocycles. The molecule has 1 amide bonds.